The number of carbonyl (C=O) groups excluding carboxylic acids is 1. The Kier molecular flexibility index (Phi) is 4.54. The summed E-state index contributed by atoms with van der Waals surface area (Å²) in [6.45, 7) is 4.82. The fraction of sp³-hybridized carbons (Fsp3) is 0.909. The lowest BCUT2D eigenvalue weighted by molar-refractivity contribution is -0.135. The van der Waals surface area contributed by atoms with Gasteiger partial charge in [-0.1, -0.05) is 20.3 Å². The highest BCUT2D eigenvalue weighted by Crippen LogP contribution is 2.19. The quantitative estimate of drug-likeness (QED) is 0.709. The maximum absolute atomic E-state index is 12.0. The summed E-state index contributed by atoms with van der Waals surface area (Å²) < 4.78 is 0. The van der Waals surface area contributed by atoms with Gasteiger partial charge in [0, 0.05) is 6.54 Å². The van der Waals surface area contributed by atoms with Crippen LogP contribution in [0.2, 0.25) is 0 Å². The molecule has 4 nitrogen and oxygen atoms in total. The molecule has 0 spiro atoms. The molecule has 1 saturated heterocycles. The van der Waals surface area contributed by atoms with E-state index in [-0.39, 0.29) is 24.5 Å². The van der Waals surface area contributed by atoms with Crippen molar-refractivity contribution in [1.29, 1.82) is 0 Å². The molecule has 0 saturated carbocycles. The molecular formula is C11H22N2O2. The summed E-state index contributed by atoms with van der Waals surface area (Å²) in [5.74, 6) is 0.207. The number of amides is 1. The van der Waals surface area contributed by atoms with Crippen molar-refractivity contribution in [1.82, 2.24) is 4.90 Å². The molecule has 0 aromatic carbocycles. The van der Waals surface area contributed by atoms with Gasteiger partial charge >= 0.3 is 0 Å². The van der Waals surface area contributed by atoms with Crippen LogP contribution < -0.4 is 5.73 Å². The molecule has 0 aromatic rings. The fourth-order valence-corrected chi connectivity index (χ4v) is 2.00. The van der Waals surface area contributed by atoms with Crippen LogP contribution in [0.3, 0.4) is 0 Å². The zero-order chi connectivity index (χ0) is 11.4. The van der Waals surface area contributed by atoms with Crippen LogP contribution in [0.4, 0.5) is 0 Å². The van der Waals surface area contributed by atoms with Crippen LogP contribution in [0.1, 0.15) is 33.1 Å². The van der Waals surface area contributed by atoms with Crippen LogP contribution in [0.5, 0.6) is 0 Å². The van der Waals surface area contributed by atoms with E-state index in [1.165, 1.54) is 0 Å². The van der Waals surface area contributed by atoms with Crippen molar-refractivity contribution >= 4 is 5.91 Å². The highest BCUT2D eigenvalue weighted by Gasteiger charge is 2.32. The molecule has 3 unspecified atom stereocenters. The van der Waals surface area contributed by atoms with Crippen molar-refractivity contribution in [3.8, 4) is 0 Å². The molecule has 3 atom stereocenters. The molecule has 1 aliphatic heterocycles. The van der Waals surface area contributed by atoms with Crippen molar-refractivity contribution in [3.63, 3.8) is 0 Å². The van der Waals surface area contributed by atoms with E-state index in [1.54, 1.807) is 4.90 Å². The smallest absolute Gasteiger partial charge is 0.240 e. The topological polar surface area (TPSA) is 66.6 Å². The fourth-order valence-electron chi connectivity index (χ4n) is 2.00. The highest BCUT2D eigenvalue weighted by atomic mass is 16.3. The second-order valence-electron chi connectivity index (χ2n) is 4.42. The maximum atomic E-state index is 12.0. The Morgan fingerprint density at radius 1 is 1.67 bits per heavy atom. The van der Waals surface area contributed by atoms with E-state index in [2.05, 4.69) is 0 Å². The molecule has 4 heteroatoms. The van der Waals surface area contributed by atoms with Crippen LogP contribution in [0.15, 0.2) is 0 Å². The Morgan fingerprint density at radius 2 is 2.33 bits per heavy atom. The van der Waals surface area contributed by atoms with Gasteiger partial charge < -0.3 is 15.7 Å². The van der Waals surface area contributed by atoms with E-state index in [0.717, 1.165) is 25.8 Å². The molecule has 15 heavy (non-hydrogen) atoms. The van der Waals surface area contributed by atoms with E-state index in [0.29, 0.717) is 0 Å². The van der Waals surface area contributed by atoms with E-state index in [4.69, 9.17) is 10.8 Å². The van der Waals surface area contributed by atoms with Crippen LogP contribution >= 0.6 is 0 Å². The number of hydrogen-bond acceptors (Lipinski definition) is 3. The van der Waals surface area contributed by atoms with Gasteiger partial charge in [-0.3, -0.25) is 4.79 Å². The number of rotatable bonds is 4. The number of carbonyl (C=O) groups is 1. The number of aliphatic hydroxyl groups is 1. The average molecular weight is 214 g/mol. The zero-order valence-electron chi connectivity index (χ0n) is 9.65. The van der Waals surface area contributed by atoms with Gasteiger partial charge in [0.25, 0.3) is 0 Å². The highest BCUT2D eigenvalue weighted by molar-refractivity contribution is 5.82. The Hall–Kier alpha value is -0.610. The third kappa shape index (κ3) is 2.69. The zero-order valence-corrected chi connectivity index (χ0v) is 9.65. The molecular weight excluding hydrogens is 192 g/mol. The second kappa shape index (κ2) is 5.47. The first-order chi connectivity index (χ1) is 7.11. The van der Waals surface area contributed by atoms with E-state index < -0.39 is 6.04 Å². The lowest BCUT2D eigenvalue weighted by atomic mass is 9.98. The minimum atomic E-state index is -0.415. The Bertz CT molecular complexity index is 221. The Morgan fingerprint density at radius 3 is 2.87 bits per heavy atom. The first-order valence-electron chi connectivity index (χ1n) is 5.78. The van der Waals surface area contributed by atoms with Crippen LogP contribution in [-0.2, 0) is 4.79 Å². The summed E-state index contributed by atoms with van der Waals surface area (Å²) >= 11 is 0. The molecule has 0 aliphatic carbocycles. The van der Waals surface area contributed by atoms with Crippen molar-refractivity contribution in [2.24, 2.45) is 11.7 Å². The van der Waals surface area contributed by atoms with Crippen molar-refractivity contribution in [3.05, 3.63) is 0 Å². The molecule has 1 heterocycles. The minimum absolute atomic E-state index is 0.000833. The van der Waals surface area contributed by atoms with Gasteiger partial charge in [-0.05, 0) is 18.8 Å². The van der Waals surface area contributed by atoms with Gasteiger partial charge in [0.15, 0.2) is 0 Å². The summed E-state index contributed by atoms with van der Waals surface area (Å²) in [6, 6.07) is -0.422. The monoisotopic (exact) mass is 214 g/mol. The summed E-state index contributed by atoms with van der Waals surface area (Å²) in [5, 5.41) is 9.13. The second-order valence-corrected chi connectivity index (χ2v) is 4.42. The van der Waals surface area contributed by atoms with Crippen molar-refractivity contribution < 1.29 is 9.90 Å². The van der Waals surface area contributed by atoms with Gasteiger partial charge in [0.1, 0.15) is 0 Å². The standard InChI is InChI=1S/C11H22N2O2/c1-3-8(2)10(12)11(15)13-6-4-5-9(13)7-14/h8-10,14H,3-7,12H2,1-2H3. The first-order valence-corrected chi connectivity index (χ1v) is 5.78. The maximum Gasteiger partial charge on any atom is 0.240 e. The van der Waals surface area contributed by atoms with Gasteiger partial charge in [0.05, 0.1) is 18.7 Å². The molecule has 3 N–H and O–H groups in total. The molecule has 0 aromatic heterocycles. The largest absolute Gasteiger partial charge is 0.394 e. The lowest BCUT2D eigenvalue weighted by Gasteiger charge is -2.28. The third-order valence-electron chi connectivity index (χ3n) is 3.41. The minimum Gasteiger partial charge on any atom is -0.394 e. The number of aliphatic hydroxyl groups excluding tert-OH is 1. The predicted molar refractivity (Wildman–Crippen MR) is 59.3 cm³/mol. The molecule has 1 aliphatic rings. The van der Waals surface area contributed by atoms with Crippen LogP contribution in [0.25, 0.3) is 0 Å². The van der Waals surface area contributed by atoms with Gasteiger partial charge in [-0.25, -0.2) is 0 Å². The molecule has 88 valence electrons. The summed E-state index contributed by atoms with van der Waals surface area (Å²) in [6.07, 6.45) is 2.78. The van der Waals surface area contributed by atoms with Gasteiger partial charge in [0.2, 0.25) is 5.91 Å². The SMILES string of the molecule is CCC(C)C(N)C(=O)N1CCCC1CO. The Balaban J connectivity index is 2.59. The number of nitrogens with zero attached hydrogens (tertiary/aromatic N) is 1. The predicted octanol–water partition coefficient (Wildman–Crippen LogP) is 0.343. The van der Waals surface area contributed by atoms with Crippen LogP contribution in [-0.4, -0.2) is 41.1 Å². The van der Waals surface area contributed by atoms with Gasteiger partial charge in [-0.15, -0.1) is 0 Å². The van der Waals surface area contributed by atoms with E-state index >= 15 is 0 Å². The first kappa shape index (κ1) is 12.5. The molecule has 1 amide bonds. The summed E-state index contributed by atoms with van der Waals surface area (Å²) in [7, 11) is 0. The molecule has 1 rings (SSSR count). The van der Waals surface area contributed by atoms with Gasteiger partial charge in [-0.2, -0.15) is 0 Å². The van der Waals surface area contributed by atoms with E-state index in [9.17, 15) is 4.79 Å². The third-order valence-corrected chi connectivity index (χ3v) is 3.41. The van der Waals surface area contributed by atoms with Crippen LogP contribution in [0, 0.1) is 5.92 Å². The molecule has 0 radical (unpaired) electrons. The van der Waals surface area contributed by atoms with Crippen molar-refractivity contribution in [2.45, 2.75) is 45.2 Å². The number of nitrogens with two attached hydrogens (primary N) is 1. The number of hydrogen-bond donors (Lipinski definition) is 2. The Labute approximate surface area is 91.4 Å². The molecule has 0 bridgehead atoms. The summed E-state index contributed by atoms with van der Waals surface area (Å²) in [4.78, 5) is 13.8. The number of likely N-dealkylation sites (tertiary alicyclic amines) is 1. The molecule has 1 fully saturated rings. The lowest BCUT2D eigenvalue weighted by Crippen LogP contribution is -2.49. The van der Waals surface area contributed by atoms with E-state index in [1.807, 2.05) is 13.8 Å². The summed E-state index contributed by atoms with van der Waals surface area (Å²) in [5.41, 5.74) is 5.90. The average Bonchev–Trinajstić information content (AvgIpc) is 2.73. The normalized spacial score (nSPS) is 25.3. The van der Waals surface area contributed by atoms with Crippen molar-refractivity contribution in [2.75, 3.05) is 13.2 Å².